The van der Waals surface area contributed by atoms with Crippen molar-refractivity contribution in [3.63, 3.8) is 0 Å². The van der Waals surface area contributed by atoms with Gasteiger partial charge in [0, 0.05) is 19.6 Å². The fraction of sp³-hybridized carbons (Fsp3) is 0.929. The molecule has 0 aromatic rings. The molecule has 0 amide bonds. The quantitative estimate of drug-likeness (QED) is 0.465. The molecule has 0 radical (unpaired) electrons. The number of nitrogens with zero attached hydrogens (tertiary/aromatic N) is 2. The number of halogens is 1. The Hall–Kier alpha value is -0.0400. The summed E-state index contributed by atoms with van der Waals surface area (Å²) in [6.45, 7) is 5.58. The Kier molecular flexibility index (Phi) is 4.98. The first-order chi connectivity index (χ1) is 8.70. The highest BCUT2D eigenvalue weighted by molar-refractivity contribution is 14.0. The molecular weight excluding hydrogens is 353 g/mol. The SMILES string of the molecule is CC1CN(C(N)=NCC2(C3CC3)CCC2)CCO1.I. The van der Waals surface area contributed by atoms with Crippen molar-refractivity contribution < 1.29 is 4.74 Å². The number of hydrogen-bond donors (Lipinski definition) is 1. The van der Waals surface area contributed by atoms with E-state index < -0.39 is 0 Å². The number of ether oxygens (including phenoxy) is 1. The second-order valence-corrected chi connectivity index (χ2v) is 6.29. The highest BCUT2D eigenvalue weighted by atomic mass is 127. The number of guanidine groups is 1. The van der Waals surface area contributed by atoms with Gasteiger partial charge < -0.3 is 15.4 Å². The summed E-state index contributed by atoms with van der Waals surface area (Å²) in [5.41, 5.74) is 6.67. The Morgan fingerprint density at radius 2 is 2.16 bits per heavy atom. The van der Waals surface area contributed by atoms with Crippen LogP contribution in [0.3, 0.4) is 0 Å². The first-order valence-corrected chi connectivity index (χ1v) is 7.36. The van der Waals surface area contributed by atoms with Crippen LogP contribution in [0, 0.1) is 11.3 Å². The molecular formula is C14H26IN3O. The number of nitrogens with two attached hydrogens (primary N) is 1. The monoisotopic (exact) mass is 379 g/mol. The van der Waals surface area contributed by atoms with Crippen LogP contribution in [-0.2, 0) is 4.74 Å². The van der Waals surface area contributed by atoms with Gasteiger partial charge in [0.2, 0.25) is 0 Å². The zero-order chi connectivity index (χ0) is 12.6. The molecule has 1 unspecified atom stereocenters. The zero-order valence-corrected chi connectivity index (χ0v) is 14.1. The van der Waals surface area contributed by atoms with Gasteiger partial charge in [-0.15, -0.1) is 24.0 Å². The van der Waals surface area contributed by atoms with Crippen LogP contribution in [0.25, 0.3) is 0 Å². The molecule has 110 valence electrons. The lowest BCUT2D eigenvalue weighted by Crippen LogP contribution is -2.48. The Labute approximate surface area is 133 Å². The summed E-state index contributed by atoms with van der Waals surface area (Å²) in [5, 5.41) is 0. The van der Waals surface area contributed by atoms with Gasteiger partial charge in [-0.05, 0) is 43.9 Å². The van der Waals surface area contributed by atoms with Crippen molar-refractivity contribution in [3.05, 3.63) is 0 Å². The first kappa shape index (κ1) is 15.4. The smallest absolute Gasteiger partial charge is 0.191 e. The lowest BCUT2D eigenvalue weighted by Gasteiger charge is -2.41. The summed E-state index contributed by atoms with van der Waals surface area (Å²) in [6, 6.07) is 0. The van der Waals surface area contributed by atoms with Crippen LogP contribution in [0.2, 0.25) is 0 Å². The van der Waals surface area contributed by atoms with Gasteiger partial charge in [-0.25, -0.2) is 0 Å². The molecule has 1 heterocycles. The molecule has 2 N–H and O–H groups in total. The Bertz CT molecular complexity index is 340. The largest absolute Gasteiger partial charge is 0.375 e. The fourth-order valence-electron chi connectivity index (χ4n) is 3.39. The minimum absolute atomic E-state index is 0. The summed E-state index contributed by atoms with van der Waals surface area (Å²) in [7, 11) is 0. The summed E-state index contributed by atoms with van der Waals surface area (Å²) < 4.78 is 5.53. The average molecular weight is 379 g/mol. The maximum absolute atomic E-state index is 6.14. The molecule has 2 aliphatic carbocycles. The van der Waals surface area contributed by atoms with Crippen molar-refractivity contribution in [2.75, 3.05) is 26.2 Å². The summed E-state index contributed by atoms with van der Waals surface area (Å²) in [6.07, 6.45) is 7.24. The maximum atomic E-state index is 6.14. The van der Waals surface area contributed by atoms with E-state index in [9.17, 15) is 0 Å². The number of morpholine rings is 1. The maximum Gasteiger partial charge on any atom is 0.191 e. The molecule has 4 nitrogen and oxygen atoms in total. The second kappa shape index (κ2) is 6.16. The molecule has 0 spiro atoms. The highest BCUT2D eigenvalue weighted by Gasteiger charge is 2.48. The van der Waals surface area contributed by atoms with Crippen molar-refractivity contribution >= 4 is 29.9 Å². The minimum atomic E-state index is 0. The Morgan fingerprint density at radius 3 is 2.68 bits per heavy atom. The molecule has 2 saturated carbocycles. The molecule has 3 rings (SSSR count). The van der Waals surface area contributed by atoms with E-state index in [4.69, 9.17) is 15.5 Å². The van der Waals surface area contributed by atoms with Crippen LogP contribution < -0.4 is 5.73 Å². The molecule has 0 bridgehead atoms. The van der Waals surface area contributed by atoms with Gasteiger partial charge in [0.1, 0.15) is 0 Å². The molecule has 3 fully saturated rings. The average Bonchev–Trinajstić information content (AvgIpc) is 3.12. The molecule has 0 aromatic heterocycles. The van der Waals surface area contributed by atoms with E-state index in [2.05, 4.69) is 11.8 Å². The predicted molar refractivity (Wildman–Crippen MR) is 87.9 cm³/mol. The molecule has 0 aromatic carbocycles. The van der Waals surface area contributed by atoms with Crippen LogP contribution in [-0.4, -0.2) is 43.2 Å². The highest BCUT2D eigenvalue weighted by Crippen LogP contribution is 2.57. The second-order valence-electron chi connectivity index (χ2n) is 6.29. The van der Waals surface area contributed by atoms with E-state index in [1.807, 2.05) is 0 Å². The fourth-order valence-corrected chi connectivity index (χ4v) is 3.39. The lowest BCUT2D eigenvalue weighted by molar-refractivity contribution is 0.00507. The molecule has 1 aliphatic heterocycles. The van der Waals surface area contributed by atoms with E-state index in [-0.39, 0.29) is 30.1 Å². The Balaban J connectivity index is 0.00000133. The van der Waals surface area contributed by atoms with Crippen LogP contribution >= 0.6 is 24.0 Å². The number of rotatable bonds is 3. The van der Waals surface area contributed by atoms with E-state index in [1.54, 1.807) is 0 Å². The van der Waals surface area contributed by atoms with Gasteiger partial charge >= 0.3 is 0 Å². The van der Waals surface area contributed by atoms with Crippen LogP contribution in [0.1, 0.15) is 39.0 Å². The summed E-state index contributed by atoms with van der Waals surface area (Å²) in [4.78, 5) is 6.88. The summed E-state index contributed by atoms with van der Waals surface area (Å²) in [5.74, 6) is 1.68. The first-order valence-electron chi connectivity index (χ1n) is 7.36. The van der Waals surface area contributed by atoms with Crippen LogP contribution in [0.4, 0.5) is 0 Å². The van der Waals surface area contributed by atoms with Crippen molar-refractivity contribution in [1.82, 2.24) is 4.90 Å². The third-order valence-corrected chi connectivity index (χ3v) is 4.91. The molecule has 19 heavy (non-hydrogen) atoms. The van der Waals surface area contributed by atoms with E-state index in [0.717, 1.165) is 38.1 Å². The van der Waals surface area contributed by atoms with Crippen LogP contribution in [0.15, 0.2) is 4.99 Å². The number of hydrogen-bond acceptors (Lipinski definition) is 2. The van der Waals surface area contributed by atoms with E-state index in [0.29, 0.717) is 5.41 Å². The standard InChI is InChI=1S/C14H25N3O.HI/c1-11-9-17(7-8-18-11)13(15)16-10-14(5-2-6-14)12-3-4-12;/h11-12H,2-10H2,1H3,(H2,15,16);1H. The minimum Gasteiger partial charge on any atom is -0.375 e. The van der Waals surface area contributed by atoms with Gasteiger partial charge in [0.15, 0.2) is 5.96 Å². The third kappa shape index (κ3) is 3.35. The number of aliphatic imine (C=N–C) groups is 1. The van der Waals surface area contributed by atoms with E-state index >= 15 is 0 Å². The predicted octanol–water partition coefficient (Wildman–Crippen LogP) is 2.22. The normalized spacial score (nSPS) is 30.5. The van der Waals surface area contributed by atoms with Crippen molar-refractivity contribution in [3.8, 4) is 0 Å². The molecule has 3 aliphatic rings. The molecule has 5 heteroatoms. The van der Waals surface area contributed by atoms with Gasteiger partial charge in [-0.2, -0.15) is 0 Å². The van der Waals surface area contributed by atoms with Crippen LogP contribution in [0.5, 0.6) is 0 Å². The van der Waals surface area contributed by atoms with Gasteiger partial charge in [0.05, 0.1) is 12.7 Å². The zero-order valence-electron chi connectivity index (χ0n) is 11.8. The molecule has 1 atom stereocenters. The topological polar surface area (TPSA) is 50.8 Å². The lowest BCUT2D eigenvalue weighted by atomic mass is 9.65. The van der Waals surface area contributed by atoms with Crippen molar-refractivity contribution in [1.29, 1.82) is 0 Å². The third-order valence-electron chi connectivity index (χ3n) is 4.91. The van der Waals surface area contributed by atoms with Gasteiger partial charge in [-0.3, -0.25) is 4.99 Å². The van der Waals surface area contributed by atoms with Crippen molar-refractivity contribution in [2.24, 2.45) is 22.1 Å². The molecule has 1 saturated heterocycles. The summed E-state index contributed by atoms with van der Waals surface area (Å²) >= 11 is 0. The Morgan fingerprint density at radius 1 is 1.42 bits per heavy atom. The van der Waals surface area contributed by atoms with E-state index in [1.165, 1.54) is 32.1 Å². The van der Waals surface area contributed by atoms with Gasteiger partial charge in [0.25, 0.3) is 0 Å². The van der Waals surface area contributed by atoms with Gasteiger partial charge in [-0.1, -0.05) is 6.42 Å². The van der Waals surface area contributed by atoms with Crippen molar-refractivity contribution in [2.45, 2.75) is 45.1 Å².